The molecular formula is C20H25N3O. The Bertz CT molecular complexity index is 649. The molecule has 0 atom stereocenters. The normalized spacial score (nSPS) is 18.8. The third-order valence-electron chi connectivity index (χ3n) is 4.96. The molecule has 1 aliphatic carbocycles. The molecule has 1 aliphatic heterocycles. The molecule has 4 rings (SSSR count). The first kappa shape index (κ1) is 15.6. The van der Waals surface area contributed by atoms with Crippen LogP contribution in [0.1, 0.15) is 43.0 Å². The molecule has 24 heavy (non-hydrogen) atoms. The zero-order valence-corrected chi connectivity index (χ0v) is 14.1. The molecule has 4 nitrogen and oxygen atoms in total. The van der Waals surface area contributed by atoms with Gasteiger partial charge in [-0.25, -0.2) is 9.97 Å². The van der Waals surface area contributed by atoms with Crippen molar-refractivity contribution < 1.29 is 4.74 Å². The molecule has 2 aliphatic rings. The van der Waals surface area contributed by atoms with Crippen molar-refractivity contribution in [1.82, 2.24) is 9.97 Å². The van der Waals surface area contributed by atoms with Crippen molar-refractivity contribution in [3.63, 3.8) is 0 Å². The minimum Gasteiger partial charge on any atom is -0.378 e. The number of piperidine rings is 1. The van der Waals surface area contributed by atoms with Gasteiger partial charge in [0.2, 0.25) is 0 Å². The number of aromatic nitrogens is 2. The van der Waals surface area contributed by atoms with E-state index in [1.54, 1.807) is 0 Å². The Kier molecular flexibility index (Phi) is 4.74. The van der Waals surface area contributed by atoms with E-state index in [2.05, 4.69) is 40.2 Å². The van der Waals surface area contributed by atoms with Crippen LogP contribution in [0.25, 0.3) is 0 Å². The van der Waals surface area contributed by atoms with E-state index in [0.717, 1.165) is 50.6 Å². The Morgan fingerprint density at radius 3 is 2.54 bits per heavy atom. The first-order valence-corrected chi connectivity index (χ1v) is 9.12. The maximum Gasteiger partial charge on any atom is 0.133 e. The van der Waals surface area contributed by atoms with E-state index in [4.69, 9.17) is 9.72 Å². The largest absolute Gasteiger partial charge is 0.378 e. The van der Waals surface area contributed by atoms with E-state index in [1.165, 1.54) is 18.4 Å². The van der Waals surface area contributed by atoms with Gasteiger partial charge in [0.05, 0.1) is 12.7 Å². The van der Waals surface area contributed by atoms with E-state index < -0.39 is 0 Å². The lowest BCUT2D eigenvalue weighted by atomic mass is 10.1. The number of ether oxygens (including phenoxy) is 1. The van der Waals surface area contributed by atoms with Crippen LogP contribution in [0.15, 0.2) is 42.6 Å². The van der Waals surface area contributed by atoms with Crippen LogP contribution in [-0.4, -0.2) is 35.8 Å². The zero-order chi connectivity index (χ0) is 16.2. The number of nitrogens with zero attached hydrogens (tertiary/aromatic N) is 3. The molecule has 1 aromatic carbocycles. The van der Waals surface area contributed by atoms with Crippen LogP contribution < -0.4 is 4.90 Å². The molecule has 2 fully saturated rings. The summed E-state index contributed by atoms with van der Waals surface area (Å²) in [6, 6.07) is 12.6. The molecule has 0 bridgehead atoms. The molecule has 2 aromatic rings. The van der Waals surface area contributed by atoms with Gasteiger partial charge < -0.3 is 9.64 Å². The van der Waals surface area contributed by atoms with Gasteiger partial charge in [0.1, 0.15) is 11.6 Å². The minimum atomic E-state index is 0.384. The van der Waals surface area contributed by atoms with Crippen LogP contribution in [0.3, 0.4) is 0 Å². The monoisotopic (exact) mass is 323 g/mol. The van der Waals surface area contributed by atoms with Crippen LogP contribution in [-0.2, 0) is 11.2 Å². The Morgan fingerprint density at radius 1 is 1.00 bits per heavy atom. The minimum absolute atomic E-state index is 0.384. The molecular weight excluding hydrogens is 298 g/mol. The summed E-state index contributed by atoms with van der Waals surface area (Å²) in [5.41, 5.74) is 1.35. The Labute approximate surface area is 143 Å². The second-order valence-corrected chi connectivity index (χ2v) is 6.84. The lowest BCUT2D eigenvalue weighted by molar-refractivity contribution is 0.0389. The van der Waals surface area contributed by atoms with Gasteiger partial charge in [0.25, 0.3) is 0 Å². The highest BCUT2D eigenvalue weighted by Gasteiger charge is 2.27. The molecule has 2 heterocycles. The van der Waals surface area contributed by atoms with E-state index in [1.807, 2.05) is 12.3 Å². The van der Waals surface area contributed by atoms with Crippen LogP contribution in [0.2, 0.25) is 0 Å². The van der Waals surface area contributed by atoms with E-state index in [9.17, 15) is 0 Å². The van der Waals surface area contributed by atoms with Crippen molar-refractivity contribution in [3.05, 3.63) is 54.0 Å². The van der Waals surface area contributed by atoms with Crippen LogP contribution in [0, 0.1) is 0 Å². The molecule has 1 saturated carbocycles. The van der Waals surface area contributed by atoms with Gasteiger partial charge >= 0.3 is 0 Å². The summed E-state index contributed by atoms with van der Waals surface area (Å²) in [5.74, 6) is 2.74. The fraction of sp³-hybridized carbons (Fsp3) is 0.500. The quantitative estimate of drug-likeness (QED) is 0.814. The highest BCUT2D eigenvalue weighted by Crippen LogP contribution is 2.38. The Morgan fingerprint density at radius 2 is 1.79 bits per heavy atom. The molecule has 0 spiro atoms. The van der Waals surface area contributed by atoms with Crippen LogP contribution in [0.5, 0.6) is 0 Å². The summed E-state index contributed by atoms with van der Waals surface area (Å²) in [6.45, 7) is 2.86. The van der Waals surface area contributed by atoms with Gasteiger partial charge in [-0.05, 0) is 43.7 Å². The smallest absolute Gasteiger partial charge is 0.133 e. The fourth-order valence-electron chi connectivity index (χ4n) is 3.32. The van der Waals surface area contributed by atoms with Crippen molar-refractivity contribution in [2.75, 3.05) is 24.6 Å². The van der Waals surface area contributed by atoms with Gasteiger partial charge in [-0.1, -0.05) is 30.3 Å². The Hall–Kier alpha value is -1.94. The van der Waals surface area contributed by atoms with E-state index in [0.29, 0.717) is 12.0 Å². The lowest BCUT2D eigenvalue weighted by Crippen LogP contribution is -2.37. The standard InChI is InChI=1S/C20H25N3O/c1-2-4-16(5-3-1)11-15-24-18-9-13-23(14-10-18)19-8-12-21-20(22-19)17-6-7-17/h1-5,8,12,17-18H,6-7,9-11,13-15H2. The first-order valence-electron chi connectivity index (χ1n) is 9.12. The number of hydrogen-bond acceptors (Lipinski definition) is 4. The van der Waals surface area contributed by atoms with Crippen molar-refractivity contribution in [3.8, 4) is 0 Å². The van der Waals surface area contributed by atoms with E-state index >= 15 is 0 Å². The fourth-order valence-corrected chi connectivity index (χ4v) is 3.32. The second-order valence-electron chi connectivity index (χ2n) is 6.84. The van der Waals surface area contributed by atoms with Gasteiger partial charge in [-0.15, -0.1) is 0 Å². The number of hydrogen-bond donors (Lipinski definition) is 0. The topological polar surface area (TPSA) is 38.2 Å². The van der Waals surface area contributed by atoms with Crippen LogP contribution >= 0.6 is 0 Å². The van der Waals surface area contributed by atoms with Gasteiger partial charge in [-0.3, -0.25) is 0 Å². The van der Waals surface area contributed by atoms with Gasteiger partial charge in [0.15, 0.2) is 0 Å². The van der Waals surface area contributed by atoms with Crippen LogP contribution in [0.4, 0.5) is 5.82 Å². The third-order valence-corrected chi connectivity index (χ3v) is 4.96. The number of rotatable bonds is 6. The average molecular weight is 323 g/mol. The highest BCUT2D eigenvalue weighted by atomic mass is 16.5. The number of anilines is 1. The summed E-state index contributed by atoms with van der Waals surface area (Å²) in [7, 11) is 0. The summed E-state index contributed by atoms with van der Waals surface area (Å²) in [5, 5.41) is 0. The van der Waals surface area contributed by atoms with Crippen molar-refractivity contribution >= 4 is 5.82 Å². The second kappa shape index (κ2) is 7.31. The molecule has 1 saturated heterocycles. The highest BCUT2D eigenvalue weighted by molar-refractivity contribution is 5.38. The van der Waals surface area contributed by atoms with Crippen molar-refractivity contribution in [2.24, 2.45) is 0 Å². The summed E-state index contributed by atoms with van der Waals surface area (Å²) in [6.07, 6.45) is 7.96. The Balaban J connectivity index is 1.24. The van der Waals surface area contributed by atoms with Gasteiger partial charge in [-0.2, -0.15) is 0 Å². The lowest BCUT2D eigenvalue weighted by Gasteiger charge is -2.32. The third kappa shape index (κ3) is 3.93. The molecule has 0 amide bonds. The zero-order valence-electron chi connectivity index (χ0n) is 14.1. The molecule has 0 unspecified atom stereocenters. The predicted octanol–water partition coefficient (Wildman–Crippen LogP) is 3.58. The molecule has 0 N–H and O–H groups in total. The maximum atomic E-state index is 6.08. The first-order chi connectivity index (χ1) is 11.9. The van der Waals surface area contributed by atoms with Gasteiger partial charge in [0, 0.05) is 25.2 Å². The molecule has 1 aromatic heterocycles. The number of benzene rings is 1. The SMILES string of the molecule is c1ccc(CCOC2CCN(c3ccnc(C4CC4)n3)CC2)cc1. The predicted molar refractivity (Wildman–Crippen MR) is 95.3 cm³/mol. The summed E-state index contributed by atoms with van der Waals surface area (Å²) >= 11 is 0. The van der Waals surface area contributed by atoms with E-state index in [-0.39, 0.29) is 0 Å². The van der Waals surface area contributed by atoms with Crippen molar-refractivity contribution in [1.29, 1.82) is 0 Å². The summed E-state index contributed by atoms with van der Waals surface area (Å²) < 4.78 is 6.08. The average Bonchev–Trinajstić information content (AvgIpc) is 3.49. The van der Waals surface area contributed by atoms with Crippen molar-refractivity contribution in [2.45, 2.75) is 44.1 Å². The maximum absolute atomic E-state index is 6.08. The molecule has 4 heteroatoms. The molecule has 0 radical (unpaired) electrons. The summed E-state index contributed by atoms with van der Waals surface area (Å²) in [4.78, 5) is 11.6. The molecule has 126 valence electrons.